The van der Waals surface area contributed by atoms with E-state index in [-0.39, 0.29) is 17.7 Å². The molecule has 2 N–H and O–H groups in total. The molecule has 4 amide bonds. The van der Waals surface area contributed by atoms with Gasteiger partial charge in [-0.25, -0.2) is 4.79 Å². The van der Waals surface area contributed by atoms with Crippen LogP contribution in [0.1, 0.15) is 33.2 Å². The minimum atomic E-state index is -1.02. The summed E-state index contributed by atoms with van der Waals surface area (Å²) in [4.78, 5) is 48.5. The number of amides is 4. The zero-order chi connectivity index (χ0) is 19.4. The second kappa shape index (κ2) is 7.69. The molecule has 2 aromatic carbocycles. The molecule has 0 spiro atoms. The zero-order valence-electron chi connectivity index (χ0n) is 14.5. The summed E-state index contributed by atoms with van der Waals surface area (Å²) < 4.78 is 5.03. The van der Waals surface area contributed by atoms with Gasteiger partial charge in [0.2, 0.25) is 0 Å². The van der Waals surface area contributed by atoms with Crippen LogP contribution in [0.3, 0.4) is 0 Å². The number of imide groups is 1. The fourth-order valence-electron chi connectivity index (χ4n) is 2.50. The Morgan fingerprint density at radius 2 is 1.52 bits per heavy atom. The molecule has 0 radical (unpaired) electrons. The molecule has 8 nitrogen and oxygen atoms in total. The summed E-state index contributed by atoms with van der Waals surface area (Å²) >= 11 is 0. The highest BCUT2D eigenvalue weighted by Gasteiger charge is 2.37. The van der Waals surface area contributed by atoms with Gasteiger partial charge in [0.05, 0.1) is 11.1 Å². The summed E-state index contributed by atoms with van der Waals surface area (Å²) in [7, 11) is 0. The van der Waals surface area contributed by atoms with E-state index in [0.717, 1.165) is 5.56 Å². The predicted molar refractivity (Wildman–Crippen MR) is 94.3 cm³/mol. The van der Waals surface area contributed by atoms with Gasteiger partial charge in [-0.15, -0.1) is 0 Å². The molecular formula is C19H17N3O5. The van der Waals surface area contributed by atoms with Gasteiger partial charge in [0, 0.05) is 0 Å². The first-order valence-electron chi connectivity index (χ1n) is 8.23. The standard InChI is InChI=1S/C19H17N3O5/c1-12(20-19(26)27-11-13-7-3-2-4-8-13)16(23)21-22-17(24)14-9-5-6-10-15(14)18(22)25/h2-10,12H,11H2,1H3,(H,20,26)(H,21,23)/t12-/m0/s1. The summed E-state index contributed by atoms with van der Waals surface area (Å²) in [6.07, 6.45) is -0.788. The number of carbonyl (C=O) groups is 4. The van der Waals surface area contributed by atoms with Crippen LogP contribution in [0.2, 0.25) is 0 Å². The van der Waals surface area contributed by atoms with E-state index in [1.807, 2.05) is 18.2 Å². The SMILES string of the molecule is C[C@H](NC(=O)OCc1ccccc1)C(=O)NN1C(=O)c2ccccc2C1=O. The van der Waals surface area contributed by atoms with Crippen LogP contribution >= 0.6 is 0 Å². The van der Waals surface area contributed by atoms with Crippen molar-refractivity contribution in [1.29, 1.82) is 0 Å². The monoisotopic (exact) mass is 367 g/mol. The van der Waals surface area contributed by atoms with Gasteiger partial charge in [0.15, 0.2) is 0 Å². The van der Waals surface area contributed by atoms with E-state index in [1.54, 1.807) is 24.3 Å². The molecule has 0 bridgehead atoms. The topological polar surface area (TPSA) is 105 Å². The number of carbonyl (C=O) groups excluding carboxylic acids is 4. The quantitative estimate of drug-likeness (QED) is 0.782. The highest BCUT2D eigenvalue weighted by Crippen LogP contribution is 2.20. The molecule has 1 aliphatic heterocycles. The lowest BCUT2D eigenvalue weighted by atomic mass is 10.1. The van der Waals surface area contributed by atoms with Crippen molar-refractivity contribution in [3.8, 4) is 0 Å². The maximum atomic E-state index is 12.2. The summed E-state index contributed by atoms with van der Waals surface area (Å²) in [6.45, 7) is 1.47. The van der Waals surface area contributed by atoms with E-state index in [9.17, 15) is 19.2 Å². The van der Waals surface area contributed by atoms with Gasteiger partial charge in [-0.2, -0.15) is 5.01 Å². The molecule has 3 rings (SSSR count). The largest absolute Gasteiger partial charge is 0.445 e. The van der Waals surface area contributed by atoms with Crippen molar-refractivity contribution in [3.63, 3.8) is 0 Å². The van der Waals surface area contributed by atoms with Gasteiger partial charge in [0.25, 0.3) is 17.7 Å². The van der Waals surface area contributed by atoms with E-state index in [4.69, 9.17) is 4.74 Å². The lowest BCUT2D eigenvalue weighted by Gasteiger charge is -2.19. The van der Waals surface area contributed by atoms with Gasteiger partial charge < -0.3 is 10.1 Å². The third-order valence-corrected chi connectivity index (χ3v) is 3.96. The van der Waals surface area contributed by atoms with E-state index in [2.05, 4.69) is 10.7 Å². The highest BCUT2D eigenvalue weighted by molar-refractivity contribution is 6.21. The molecule has 2 aromatic rings. The maximum Gasteiger partial charge on any atom is 0.408 e. The molecule has 1 aliphatic rings. The minimum absolute atomic E-state index is 0.0550. The Bertz CT molecular complexity index is 862. The van der Waals surface area contributed by atoms with Gasteiger partial charge in [0.1, 0.15) is 12.6 Å². The number of ether oxygens (including phenoxy) is 1. The average Bonchev–Trinajstić information content (AvgIpc) is 2.92. The van der Waals surface area contributed by atoms with Crippen LogP contribution in [0.25, 0.3) is 0 Å². The molecule has 1 heterocycles. The molecule has 0 aromatic heterocycles. The summed E-state index contributed by atoms with van der Waals surface area (Å²) in [5, 5.41) is 2.99. The van der Waals surface area contributed by atoms with Crippen LogP contribution in [0.5, 0.6) is 0 Å². The molecule has 0 saturated heterocycles. The van der Waals surface area contributed by atoms with Crippen LogP contribution in [0.4, 0.5) is 4.79 Å². The molecular weight excluding hydrogens is 350 g/mol. The van der Waals surface area contributed by atoms with Crippen LogP contribution in [-0.2, 0) is 16.1 Å². The Morgan fingerprint density at radius 1 is 0.963 bits per heavy atom. The fraction of sp³-hybridized carbons (Fsp3) is 0.158. The molecule has 1 atom stereocenters. The molecule has 138 valence electrons. The molecule has 27 heavy (non-hydrogen) atoms. The Balaban J connectivity index is 1.53. The maximum absolute atomic E-state index is 12.2. The van der Waals surface area contributed by atoms with Gasteiger partial charge in [-0.05, 0) is 24.6 Å². The van der Waals surface area contributed by atoms with Crippen molar-refractivity contribution in [2.24, 2.45) is 0 Å². The van der Waals surface area contributed by atoms with Gasteiger partial charge >= 0.3 is 6.09 Å². The first kappa shape index (κ1) is 18.1. The van der Waals surface area contributed by atoms with Gasteiger partial charge in [-0.1, -0.05) is 42.5 Å². The molecule has 0 saturated carbocycles. The highest BCUT2D eigenvalue weighted by atomic mass is 16.5. The number of hydrogen-bond acceptors (Lipinski definition) is 5. The number of nitrogens with zero attached hydrogens (tertiary/aromatic N) is 1. The molecule has 0 aliphatic carbocycles. The number of nitrogens with one attached hydrogen (secondary N) is 2. The first-order valence-corrected chi connectivity index (χ1v) is 8.23. The van der Waals surface area contributed by atoms with Crippen LogP contribution in [0.15, 0.2) is 54.6 Å². The number of hydrogen-bond donors (Lipinski definition) is 2. The van der Waals surface area contributed by atoms with Crippen molar-refractivity contribution >= 4 is 23.8 Å². The predicted octanol–water partition coefficient (Wildman–Crippen LogP) is 1.63. The lowest BCUT2D eigenvalue weighted by molar-refractivity contribution is -0.125. The minimum Gasteiger partial charge on any atom is -0.445 e. The third-order valence-electron chi connectivity index (χ3n) is 3.96. The zero-order valence-corrected chi connectivity index (χ0v) is 14.5. The van der Waals surface area contributed by atoms with Crippen LogP contribution in [0, 0.1) is 0 Å². The second-order valence-corrected chi connectivity index (χ2v) is 5.90. The fourth-order valence-corrected chi connectivity index (χ4v) is 2.50. The summed E-state index contributed by atoms with van der Waals surface area (Å²) in [6, 6.07) is 14.3. The number of benzene rings is 2. The Labute approximate surface area is 155 Å². The Morgan fingerprint density at radius 3 is 2.11 bits per heavy atom. The number of alkyl carbamates (subject to hydrolysis) is 1. The van der Waals surface area contributed by atoms with E-state index < -0.39 is 29.9 Å². The third kappa shape index (κ3) is 3.95. The van der Waals surface area contributed by atoms with Crippen molar-refractivity contribution in [2.75, 3.05) is 0 Å². The number of hydrazine groups is 1. The lowest BCUT2D eigenvalue weighted by Crippen LogP contribution is -2.53. The van der Waals surface area contributed by atoms with Crippen LogP contribution in [-0.4, -0.2) is 34.9 Å². The van der Waals surface area contributed by atoms with Crippen molar-refractivity contribution in [2.45, 2.75) is 19.6 Å². The number of fused-ring (bicyclic) bond motifs is 1. The van der Waals surface area contributed by atoms with Gasteiger partial charge in [-0.3, -0.25) is 19.8 Å². The van der Waals surface area contributed by atoms with E-state index in [0.29, 0.717) is 5.01 Å². The average molecular weight is 367 g/mol. The Hall–Kier alpha value is -3.68. The molecule has 0 unspecified atom stereocenters. The first-order chi connectivity index (χ1) is 13.0. The molecule has 8 heteroatoms. The van der Waals surface area contributed by atoms with E-state index in [1.165, 1.54) is 19.1 Å². The Kier molecular flexibility index (Phi) is 5.16. The second-order valence-electron chi connectivity index (χ2n) is 5.90. The normalized spacial score (nSPS) is 13.7. The van der Waals surface area contributed by atoms with Crippen LogP contribution < -0.4 is 10.7 Å². The van der Waals surface area contributed by atoms with Crippen molar-refractivity contribution < 1.29 is 23.9 Å². The number of rotatable bonds is 5. The van der Waals surface area contributed by atoms with E-state index >= 15 is 0 Å². The van der Waals surface area contributed by atoms with Crippen molar-refractivity contribution in [1.82, 2.24) is 15.8 Å². The van der Waals surface area contributed by atoms with Crippen molar-refractivity contribution in [3.05, 3.63) is 71.3 Å². The summed E-state index contributed by atoms with van der Waals surface area (Å²) in [5.41, 5.74) is 3.46. The smallest absolute Gasteiger partial charge is 0.408 e. The molecule has 0 fully saturated rings. The summed E-state index contributed by atoms with van der Waals surface area (Å²) in [5.74, 6) is -1.97.